The lowest BCUT2D eigenvalue weighted by atomic mass is 10.5. The number of hydrazine groups is 1. The number of rotatable bonds is 4. The minimum absolute atomic E-state index is 0.0472. The Bertz CT molecular complexity index is 179. The van der Waals surface area contributed by atoms with E-state index in [2.05, 4.69) is 5.43 Å². The maximum absolute atomic E-state index is 11.2. The molecule has 0 spiro atoms. The molecule has 14 heavy (non-hydrogen) atoms. The van der Waals surface area contributed by atoms with Crippen molar-refractivity contribution >= 4 is 5.97 Å². The third kappa shape index (κ3) is 4.55. The van der Waals surface area contributed by atoms with Crippen molar-refractivity contribution in [3.63, 3.8) is 0 Å². The maximum atomic E-state index is 11.2. The van der Waals surface area contributed by atoms with E-state index in [9.17, 15) is 4.79 Å². The van der Waals surface area contributed by atoms with Crippen LogP contribution in [0.4, 0.5) is 0 Å². The van der Waals surface area contributed by atoms with Crippen molar-refractivity contribution < 1.29 is 14.3 Å². The van der Waals surface area contributed by atoms with Crippen LogP contribution in [0.3, 0.4) is 0 Å². The van der Waals surface area contributed by atoms with E-state index in [-0.39, 0.29) is 18.6 Å². The number of ether oxygens (including phenoxy) is 2. The van der Waals surface area contributed by atoms with E-state index >= 15 is 0 Å². The number of esters is 1. The molecule has 82 valence electrons. The van der Waals surface area contributed by atoms with Crippen molar-refractivity contribution in [1.82, 2.24) is 10.4 Å². The van der Waals surface area contributed by atoms with Crippen LogP contribution in [0.15, 0.2) is 0 Å². The van der Waals surface area contributed by atoms with Crippen molar-refractivity contribution in [2.45, 2.75) is 20.0 Å². The van der Waals surface area contributed by atoms with Crippen molar-refractivity contribution in [3.05, 3.63) is 0 Å². The van der Waals surface area contributed by atoms with E-state index in [4.69, 9.17) is 9.47 Å². The molecule has 0 atom stereocenters. The van der Waals surface area contributed by atoms with Gasteiger partial charge in [0.25, 0.3) is 0 Å². The topological polar surface area (TPSA) is 50.8 Å². The molecule has 0 saturated carbocycles. The Balaban J connectivity index is 2.09. The number of hydrogen-bond acceptors (Lipinski definition) is 5. The Labute approximate surface area is 84.3 Å². The van der Waals surface area contributed by atoms with Crippen LogP contribution in [-0.4, -0.2) is 49.9 Å². The fourth-order valence-corrected chi connectivity index (χ4v) is 1.20. The highest BCUT2D eigenvalue weighted by atomic mass is 16.5. The monoisotopic (exact) mass is 202 g/mol. The lowest BCUT2D eigenvalue weighted by Gasteiger charge is -2.26. The number of carbonyl (C=O) groups excluding carboxylic acids is 1. The lowest BCUT2D eigenvalue weighted by Crippen LogP contribution is -2.47. The first kappa shape index (κ1) is 11.4. The van der Waals surface area contributed by atoms with Crippen LogP contribution in [-0.2, 0) is 14.3 Å². The SMILES string of the molecule is CC(C)OC(=O)CNN1CCOCC1. The molecule has 1 N–H and O–H groups in total. The van der Waals surface area contributed by atoms with Gasteiger partial charge in [0.2, 0.25) is 0 Å². The summed E-state index contributed by atoms with van der Waals surface area (Å²) in [6.45, 7) is 6.97. The molecule has 0 aromatic rings. The summed E-state index contributed by atoms with van der Waals surface area (Å²) in [6.07, 6.45) is -0.0472. The van der Waals surface area contributed by atoms with Crippen LogP contribution in [0.25, 0.3) is 0 Å². The van der Waals surface area contributed by atoms with E-state index in [1.165, 1.54) is 0 Å². The molecule has 0 aromatic heterocycles. The van der Waals surface area contributed by atoms with Gasteiger partial charge in [-0.2, -0.15) is 0 Å². The van der Waals surface area contributed by atoms with Crippen molar-refractivity contribution in [2.24, 2.45) is 0 Å². The summed E-state index contributed by atoms with van der Waals surface area (Å²) in [5.41, 5.74) is 3.01. The van der Waals surface area contributed by atoms with Crippen LogP contribution in [0.1, 0.15) is 13.8 Å². The van der Waals surface area contributed by atoms with Crippen molar-refractivity contribution in [1.29, 1.82) is 0 Å². The first-order chi connectivity index (χ1) is 6.68. The summed E-state index contributed by atoms with van der Waals surface area (Å²) in [5, 5.41) is 1.98. The number of nitrogens with one attached hydrogen (secondary N) is 1. The smallest absolute Gasteiger partial charge is 0.321 e. The highest BCUT2D eigenvalue weighted by molar-refractivity contribution is 5.71. The summed E-state index contributed by atoms with van der Waals surface area (Å²) >= 11 is 0. The zero-order valence-electron chi connectivity index (χ0n) is 8.78. The number of nitrogens with zero attached hydrogens (tertiary/aromatic N) is 1. The van der Waals surface area contributed by atoms with Crippen LogP contribution < -0.4 is 5.43 Å². The lowest BCUT2D eigenvalue weighted by molar-refractivity contribution is -0.147. The third-order valence-corrected chi connectivity index (χ3v) is 1.83. The second-order valence-corrected chi connectivity index (χ2v) is 3.47. The van der Waals surface area contributed by atoms with Gasteiger partial charge in [-0.1, -0.05) is 0 Å². The van der Waals surface area contributed by atoms with E-state index < -0.39 is 0 Å². The van der Waals surface area contributed by atoms with Gasteiger partial charge < -0.3 is 9.47 Å². The van der Waals surface area contributed by atoms with Gasteiger partial charge in [-0.15, -0.1) is 0 Å². The molecule has 1 saturated heterocycles. The van der Waals surface area contributed by atoms with E-state index in [0.29, 0.717) is 13.2 Å². The Hall–Kier alpha value is -0.650. The van der Waals surface area contributed by atoms with Gasteiger partial charge in [0, 0.05) is 13.1 Å². The van der Waals surface area contributed by atoms with Crippen LogP contribution in [0, 0.1) is 0 Å². The minimum atomic E-state index is -0.216. The van der Waals surface area contributed by atoms with Gasteiger partial charge in [-0.05, 0) is 13.8 Å². The van der Waals surface area contributed by atoms with Crippen molar-refractivity contribution in [2.75, 3.05) is 32.8 Å². The predicted octanol–water partition coefficient (Wildman–Crippen LogP) is -0.225. The molecular formula is C9H18N2O3. The van der Waals surface area contributed by atoms with Gasteiger partial charge >= 0.3 is 5.97 Å². The zero-order valence-corrected chi connectivity index (χ0v) is 8.78. The number of carbonyl (C=O) groups is 1. The average Bonchev–Trinajstić information content (AvgIpc) is 2.15. The van der Waals surface area contributed by atoms with E-state index in [0.717, 1.165) is 13.1 Å². The molecule has 0 amide bonds. The second kappa shape index (κ2) is 5.95. The predicted molar refractivity (Wildman–Crippen MR) is 51.6 cm³/mol. The summed E-state index contributed by atoms with van der Waals surface area (Å²) in [4.78, 5) is 11.2. The summed E-state index contributed by atoms with van der Waals surface area (Å²) < 4.78 is 10.2. The fourth-order valence-electron chi connectivity index (χ4n) is 1.20. The molecule has 0 unspecified atom stereocenters. The van der Waals surface area contributed by atoms with Crippen LogP contribution >= 0.6 is 0 Å². The molecular weight excluding hydrogens is 184 g/mol. The Morgan fingerprint density at radius 2 is 2.14 bits per heavy atom. The van der Waals surface area contributed by atoms with Crippen LogP contribution in [0.5, 0.6) is 0 Å². The second-order valence-electron chi connectivity index (χ2n) is 3.47. The van der Waals surface area contributed by atoms with Gasteiger partial charge in [0.15, 0.2) is 0 Å². The molecule has 1 aliphatic heterocycles. The Morgan fingerprint density at radius 3 is 2.71 bits per heavy atom. The van der Waals surface area contributed by atoms with Gasteiger partial charge in [-0.25, -0.2) is 10.4 Å². The van der Waals surface area contributed by atoms with E-state index in [1.54, 1.807) is 0 Å². The minimum Gasteiger partial charge on any atom is -0.462 e. The summed E-state index contributed by atoms with van der Waals surface area (Å²) in [5.74, 6) is -0.216. The summed E-state index contributed by atoms with van der Waals surface area (Å²) in [6, 6.07) is 0. The van der Waals surface area contributed by atoms with Gasteiger partial charge in [0.1, 0.15) is 6.54 Å². The number of morpholine rings is 1. The highest BCUT2D eigenvalue weighted by Gasteiger charge is 2.12. The van der Waals surface area contributed by atoms with Crippen LogP contribution in [0.2, 0.25) is 0 Å². The Morgan fingerprint density at radius 1 is 1.50 bits per heavy atom. The summed E-state index contributed by atoms with van der Waals surface area (Å²) in [7, 11) is 0. The fraction of sp³-hybridized carbons (Fsp3) is 0.889. The first-order valence-corrected chi connectivity index (χ1v) is 4.94. The van der Waals surface area contributed by atoms with Crippen molar-refractivity contribution in [3.8, 4) is 0 Å². The Kier molecular flexibility index (Phi) is 4.86. The molecule has 1 aliphatic rings. The molecule has 1 fully saturated rings. The number of hydrogen-bond donors (Lipinski definition) is 1. The largest absolute Gasteiger partial charge is 0.462 e. The molecule has 1 heterocycles. The molecule has 1 rings (SSSR count). The quantitative estimate of drug-likeness (QED) is 0.638. The standard InChI is InChI=1S/C9H18N2O3/c1-8(2)14-9(12)7-10-11-3-5-13-6-4-11/h8,10H,3-7H2,1-2H3. The van der Waals surface area contributed by atoms with Gasteiger partial charge in [0.05, 0.1) is 19.3 Å². The highest BCUT2D eigenvalue weighted by Crippen LogP contribution is 1.93. The van der Waals surface area contributed by atoms with Gasteiger partial charge in [-0.3, -0.25) is 4.79 Å². The molecule has 0 aromatic carbocycles. The normalized spacial score (nSPS) is 18.5. The molecule has 0 bridgehead atoms. The first-order valence-electron chi connectivity index (χ1n) is 4.94. The third-order valence-electron chi connectivity index (χ3n) is 1.83. The zero-order chi connectivity index (χ0) is 10.4. The van der Waals surface area contributed by atoms with E-state index in [1.807, 2.05) is 18.9 Å². The molecule has 0 aliphatic carbocycles. The maximum Gasteiger partial charge on any atom is 0.321 e. The molecule has 5 heteroatoms. The molecule has 5 nitrogen and oxygen atoms in total. The average molecular weight is 202 g/mol. The molecule has 0 radical (unpaired) electrons.